The number of hydrogen-bond donors (Lipinski definition) is 2. The number of amides is 1. The number of H-pyrrole nitrogens is 1. The zero-order valence-electron chi connectivity index (χ0n) is 13.5. The first-order valence-corrected chi connectivity index (χ1v) is 10.5. The molecule has 0 saturated heterocycles. The van der Waals surface area contributed by atoms with Crippen molar-refractivity contribution in [3.63, 3.8) is 0 Å². The second kappa shape index (κ2) is 6.01. The van der Waals surface area contributed by atoms with E-state index in [2.05, 4.69) is 10.2 Å². The van der Waals surface area contributed by atoms with E-state index in [1.165, 1.54) is 18.2 Å². The van der Waals surface area contributed by atoms with Crippen molar-refractivity contribution in [3.8, 4) is 11.3 Å². The second-order valence-electron chi connectivity index (χ2n) is 5.63. The highest BCUT2D eigenvalue weighted by molar-refractivity contribution is 8.06. The number of aromatic nitrogens is 2. The van der Waals surface area contributed by atoms with Gasteiger partial charge in [-0.05, 0) is 18.2 Å². The lowest BCUT2D eigenvalue weighted by Crippen LogP contribution is -2.45. The molecule has 0 atom stereocenters. The molecule has 2 N–H and O–H groups in total. The van der Waals surface area contributed by atoms with Crippen molar-refractivity contribution in [2.75, 3.05) is 0 Å². The van der Waals surface area contributed by atoms with E-state index in [9.17, 15) is 21.6 Å². The van der Waals surface area contributed by atoms with Gasteiger partial charge in [0.2, 0.25) is 0 Å². The van der Waals surface area contributed by atoms with Crippen LogP contribution in [0.25, 0.3) is 11.3 Å². The average molecular weight is 404 g/mol. The van der Waals surface area contributed by atoms with Gasteiger partial charge in [-0.1, -0.05) is 42.5 Å². The largest absolute Gasteiger partial charge is 0.285 e. The Labute approximate surface area is 154 Å². The number of hydrazine groups is 1. The zero-order valence-corrected chi connectivity index (χ0v) is 15.2. The van der Waals surface area contributed by atoms with Crippen LogP contribution in [-0.4, -0.2) is 36.8 Å². The van der Waals surface area contributed by atoms with Gasteiger partial charge in [-0.15, -0.1) is 0 Å². The van der Waals surface area contributed by atoms with Crippen molar-refractivity contribution in [2.24, 2.45) is 0 Å². The molecule has 1 amide bonds. The maximum Gasteiger partial charge on any atom is 0.285 e. The first kappa shape index (κ1) is 17.4. The molecule has 0 unspecified atom stereocenters. The first-order chi connectivity index (χ1) is 12.8. The van der Waals surface area contributed by atoms with Crippen LogP contribution in [0.1, 0.15) is 10.5 Å². The SMILES string of the molecule is O=C(NN1S(=O)(=O)c2ccccc2S1(=O)=O)c1cc(-c2ccccc2)n[nH]1. The molecule has 1 aromatic heterocycles. The van der Waals surface area contributed by atoms with Crippen LogP contribution >= 0.6 is 0 Å². The Morgan fingerprint density at radius 1 is 0.889 bits per heavy atom. The van der Waals surface area contributed by atoms with Crippen molar-refractivity contribution in [1.29, 1.82) is 0 Å². The van der Waals surface area contributed by atoms with E-state index in [0.29, 0.717) is 5.69 Å². The van der Waals surface area contributed by atoms with Crippen molar-refractivity contribution in [1.82, 2.24) is 19.4 Å². The van der Waals surface area contributed by atoms with E-state index in [1.54, 1.807) is 24.3 Å². The maximum absolute atomic E-state index is 12.5. The van der Waals surface area contributed by atoms with Crippen LogP contribution in [0, 0.1) is 0 Å². The van der Waals surface area contributed by atoms with E-state index >= 15 is 0 Å². The summed E-state index contributed by atoms with van der Waals surface area (Å²) in [5, 5.41) is 6.47. The number of aromatic amines is 1. The summed E-state index contributed by atoms with van der Waals surface area (Å²) < 4.78 is 50.0. The molecule has 3 aromatic rings. The predicted octanol–water partition coefficient (Wildman–Crippen LogP) is 1.11. The fraction of sp³-hybridized carbons (Fsp3) is 0. The molecule has 2 aromatic carbocycles. The number of rotatable bonds is 3. The summed E-state index contributed by atoms with van der Waals surface area (Å²) in [7, 11) is -8.85. The fourth-order valence-electron chi connectivity index (χ4n) is 2.64. The standard InChI is InChI=1S/C16H12N4O5S2/c21-16(13-10-12(17-18-13)11-6-2-1-3-7-11)19-20-26(22,23)14-8-4-5-9-15(14)27(20,24)25/h1-10H,(H,17,18)(H,19,21). The topological polar surface area (TPSA) is 129 Å². The van der Waals surface area contributed by atoms with Gasteiger partial charge in [0.25, 0.3) is 26.0 Å². The zero-order chi connectivity index (χ0) is 19.2. The molecule has 0 bridgehead atoms. The average Bonchev–Trinajstić information content (AvgIpc) is 3.21. The summed E-state index contributed by atoms with van der Waals surface area (Å²) in [6, 6.07) is 15.5. The van der Waals surface area contributed by atoms with Gasteiger partial charge in [0.1, 0.15) is 15.5 Å². The molecule has 1 aliphatic heterocycles. The minimum absolute atomic E-state index is 0.0178. The van der Waals surface area contributed by atoms with E-state index in [-0.39, 0.29) is 19.3 Å². The number of nitrogens with one attached hydrogen (secondary N) is 2. The second-order valence-corrected chi connectivity index (χ2v) is 9.37. The number of nitrogens with zero attached hydrogens (tertiary/aromatic N) is 2. The third-order valence-corrected chi connectivity index (χ3v) is 8.11. The van der Waals surface area contributed by atoms with Crippen LogP contribution in [0.5, 0.6) is 0 Å². The Morgan fingerprint density at radius 3 is 2.04 bits per heavy atom. The maximum atomic E-state index is 12.5. The van der Waals surface area contributed by atoms with Gasteiger partial charge in [-0.25, -0.2) is 16.8 Å². The van der Waals surface area contributed by atoms with Gasteiger partial charge in [0.05, 0.1) is 5.69 Å². The molecule has 1 aliphatic rings. The highest BCUT2D eigenvalue weighted by Gasteiger charge is 2.48. The van der Waals surface area contributed by atoms with Gasteiger partial charge >= 0.3 is 0 Å². The monoisotopic (exact) mass is 404 g/mol. The van der Waals surface area contributed by atoms with Crippen LogP contribution in [0.4, 0.5) is 0 Å². The van der Waals surface area contributed by atoms with Crippen LogP contribution < -0.4 is 5.43 Å². The normalized spacial score (nSPS) is 17.3. The molecule has 0 aliphatic carbocycles. The van der Waals surface area contributed by atoms with Gasteiger partial charge in [0, 0.05) is 9.38 Å². The molecular weight excluding hydrogens is 392 g/mol. The van der Waals surface area contributed by atoms with Gasteiger partial charge < -0.3 is 0 Å². The number of hydrogen-bond acceptors (Lipinski definition) is 6. The highest BCUT2D eigenvalue weighted by atomic mass is 32.3. The van der Waals surface area contributed by atoms with Crippen molar-refractivity contribution >= 4 is 26.0 Å². The summed E-state index contributed by atoms with van der Waals surface area (Å²) >= 11 is 0. The first-order valence-electron chi connectivity index (χ1n) is 7.63. The summed E-state index contributed by atoms with van der Waals surface area (Å²) in [5.74, 6) is -0.954. The number of benzene rings is 2. The Balaban J connectivity index is 1.66. The molecule has 138 valence electrons. The van der Waals surface area contributed by atoms with E-state index in [1.807, 2.05) is 11.5 Å². The lowest BCUT2D eigenvalue weighted by Gasteiger charge is -2.13. The number of fused-ring (bicyclic) bond motifs is 1. The summed E-state index contributed by atoms with van der Waals surface area (Å²) in [5.41, 5.74) is 3.04. The third kappa shape index (κ3) is 2.72. The van der Waals surface area contributed by atoms with Crippen LogP contribution in [0.15, 0.2) is 70.5 Å². The van der Waals surface area contributed by atoms with Crippen molar-refractivity contribution < 1.29 is 21.6 Å². The molecular formula is C16H12N4O5S2. The summed E-state index contributed by atoms with van der Waals surface area (Å²) in [6.07, 6.45) is 0. The Morgan fingerprint density at radius 2 is 1.44 bits per heavy atom. The Kier molecular flexibility index (Phi) is 3.87. The molecule has 0 spiro atoms. The van der Waals surface area contributed by atoms with E-state index in [0.717, 1.165) is 17.7 Å². The van der Waals surface area contributed by atoms with Crippen molar-refractivity contribution in [3.05, 3.63) is 66.4 Å². The Hall–Kier alpha value is -3.02. The fourth-order valence-corrected chi connectivity index (χ4v) is 6.70. The molecule has 4 rings (SSSR count). The van der Waals surface area contributed by atoms with E-state index in [4.69, 9.17) is 0 Å². The summed E-state index contributed by atoms with van der Waals surface area (Å²) in [6.45, 7) is 0. The molecule has 2 heterocycles. The lowest BCUT2D eigenvalue weighted by molar-refractivity contribution is 0.0910. The predicted molar refractivity (Wildman–Crippen MR) is 94.1 cm³/mol. The molecule has 0 radical (unpaired) electrons. The highest BCUT2D eigenvalue weighted by Crippen LogP contribution is 2.34. The van der Waals surface area contributed by atoms with E-state index < -0.39 is 26.0 Å². The molecule has 11 heteroatoms. The third-order valence-electron chi connectivity index (χ3n) is 3.93. The summed E-state index contributed by atoms with van der Waals surface area (Å²) in [4.78, 5) is 11.6. The van der Waals surface area contributed by atoms with Crippen LogP contribution in [0.2, 0.25) is 0 Å². The molecule has 0 fully saturated rings. The molecule has 27 heavy (non-hydrogen) atoms. The van der Waals surface area contributed by atoms with Crippen LogP contribution in [-0.2, 0) is 20.0 Å². The van der Waals surface area contributed by atoms with Crippen LogP contribution in [0.3, 0.4) is 0 Å². The van der Waals surface area contributed by atoms with Crippen molar-refractivity contribution in [2.45, 2.75) is 9.79 Å². The minimum atomic E-state index is -4.42. The van der Waals surface area contributed by atoms with Gasteiger partial charge in [0.15, 0.2) is 0 Å². The number of carbonyl (C=O) groups excluding carboxylic acids is 1. The lowest BCUT2D eigenvalue weighted by atomic mass is 10.1. The number of carbonyl (C=O) groups is 1. The van der Waals surface area contributed by atoms with Gasteiger partial charge in [-0.2, -0.15) is 5.10 Å². The smallest absolute Gasteiger partial charge is 0.272 e. The Bertz CT molecular complexity index is 1200. The van der Waals surface area contributed by atoms with Gasteiger partial charge in [-0.3, -0.25) is 15.3 Å². The minimum Gasteiger partial charge on any atom is -0.272 e. The quantitative estimate of drug-likeness (QED) is 0.673. The molecule has 0 saturated carbocycles. The number of sulfonamides is 2. The molecule has 9 nitrogen and oxygen atoms in total.